The van der Waals surface area contributed by atoms with Crippen molar-refractivity contribution in [2.24, 2.45) is 0 Å². The maximum absolute atomic E-state index is 5.54. The summed E-state index contributed by atoms with van der Waals surface area (Å²) in [7, 11) is 0. The van der Waals surface area contributed by atoms with E-state index in [-0.39, 0.29) is 0 Å². The predicted octanol–water partition coefficient (Wildman–Crippen LogP) is 3.22. The van der Waals surface area contributed by atoms with Crippen molar-refractivity contribution in [2.75, 3.05) is 11.9 Å². The third-order valence-electron chi connectivity index (χ3n) is 2.11. The van der Waals surface area contributed by atoms with E-state index in [0.29, 0.717) is 6.61 Å². The fraction of sp³-hybridized carbons (Fsp3) is 0.167. The van der Waals surface area contributed by atoms with Gasteiger partial charge >= 0.3 is 0 Å². The second-order valence-corrected chi connectivity index (χ2v) is 4.44. The lowest BCUT2D eigenvalue weighted by Gasteiger charge is -2.12. The number of hydrogen-bond acceptors (Lipinski definition) is 4. The summed E-state index contributed by atoms with van der Waals surface area (Å²) in [4.78, 5) is 8.14. The van der Waals surface area contributed by atoms with Crippen LogP contribution in [0.15, 0.2) is 36.8 Å². The fourth-order valence-electron chi connectivity index (χ4n) is 1.38. The third-order valence-corrected chi connectivity index (χ3v) is 2.90. The van der Waals surface area contributed by atoms with Crippen molar-refractivity contribution < 1.29 is 4.74 Å². The summed E-state index contributed by atoms with van der Waals surface area (Å²) in [5, 5.41) is 3.24. The molecule has 1 aromatic heterocycles. The van der Waals surface area contributed by atoms with Gasteiger partial charge in [-0.25, -0.2) is 9.97 Å². The van der Waals surface area contributed by atoms with Gasteiger partial charge in [0.1, 0.15) is 17.9 Å². The molecule has 0 atom stereocenters. The lowest BCUT2D eigenvalue weighted by atomic mass is 10.3. The van der Waals surface area contributed by atoms with Gasteiger partial charge in [0.05, 0.1) is 15.9 Å². The Morgan fingerprint density at radius 1 is 1.35 bits per heavy atom. The highest BCUT2D eigenvalue weighted by atomic mass is 127. The molecule has 0 saturated carbocycles. The van der Waals surface area contributed by atoms with Gasteiger partial charge in [0.15, 0.2) is 0 Å². The SMILES string of the molecule is CCOc1ccccc1Nc1ncncc1I. The van der Waals surface area contributed by atoms with Crippen molar-refractivity contribution in [3.63, 3.8) is 0 Å². The van der Waals surface area contributed by atoms with E-state index in [2.05, 4.69) is 37.9 Å². The summed E-state index contributed by atoms with van der Waals surface area (Å²) < 4.78 is 6.51. The number of rotatable bonds is 4. The third kappa shape index (κ3) is 3.06. The molecule has 0 aliphatic carbocycles. The molecule has 0 fully saturated rings. The van der Waals surface area contributed by atoms with Crippen LogP contribution >= 0.6 is 22.6 Å². The first kappa shape index (κ1) is 12.1. The summed E-state index contributed by atoms with van der Waals surface area (Å²) in [6.45, 7) is 2.60. The molecule has 0 aliphatic heterocycles. The van der Waals surface area contributed by atoms with Crippen molar-refractivity contribution in [3.8, 4) is 5.75 Å². The van der Waals surface area contributed by atoms with Gasteiger partial charge < -0.3 is 10.1 Å². The largest absolute Gasteiger partial charge is 0.492 e. The minimum absolute atomic E-state index is 0.638. The number of hydrogen-bond donors (Lipinski definition) is 1. The van der Waals surface area contributed by atoms with Crippen molar-refractivity contribution in [1.29, 1.82) is 0 Å². The van der Waals surface area contributed by atoms with E-state index in [0.717, 1.165) is 20.8 Å². The number of anilines is 2. The van der Waals surface area contributed by atoms with Crippen molar-refractivity contribution >= 4 is 34.1 Å². The maximum atomic E-state index is 5.54. The standard InChI is InChI=1S/C12H12IN3O/c1-2-17-11-6-4-3-5-10(11)16-12-9(13)7-14-8-15-12/h3-8H,2H2,1H3,(H,14,15,16). The highest BCUT2D eigenvalue weighted by Crippen LogP contribution is 2.27. The van der Waals surface area contributed by atoms with Gasteiger partial charge in [-0.1, -0.05) is 12.1 Å². The molecular formula is C12H12IN3O. The van der Waals surface area contributed by atoms with Crippen LogP contribution < -0.4 is 10.1 Å². The number of nitrogens with one attached hydrogen (secondary N) is 1. The van der Waals surface area contributed by atoms with E-state index >= 15 is 0 Å². The van der Waals surface area contributed by atoms with E-state index in [1.54, 1.807) is 6.20 Å². The average Bonchev–Trinajstić information content (AvgIpc) is 2.35. The Morgan fingerprint density at radius 3 is 2.94 bits per heavy atom. The molecule has 5 heteroatoms. The van der Waals surface area contributed by atoms with Crippen molar-refractivity contribution in [2.45, 2.75) is 6.92 Å². The molecule has 0 radical (unpaired) electrons. The zero-order valence-corrected chi connectivity index (χ0v) is 11.5. The molecule has 1 heterocycles. The first-order chi connectivity index (χ1) is 8.31. The van der Waals surface area contributed by atoms with E-state index in [4.69, 9.17) is 4.74 Å². The Morgan fingerprint density at radius 2 is 2.18 bits per heavy atom. The van der Waals surface area contributed by atoms with Gasteiger partial charge in [-0.2, -0.15) is 0 Å². The minimum atomic E-state index is 0.638. The van der Waals surface area contributed by atoms with Crippen LogP contribution in [0.25, 0.3) is 0 Å². The number of aromatic nitrogens is 2. The van der Waals surface area contributed by atoms with E-state index in [1.165, 1.54) is 6.33 Å². The Balaban J connectivity index is 2.27. The number of halogens is 1. The Kier molecular flexibility index (Phi) is 4.13. The molecule has 0 spiro atoms. The molecule has 0 aliphatic rings. The summed E-state index contributed by atoms with van der Waals surface area (Å²) >= 11 is 2.19. The van der Waals surface area contributed by atoms with E-state index < -0.39 is 0 Å². The number of benzene rings is 1. The van der Waals surface area contributed by atoms with Crippen LogP contribution in [-0.4, -0.2) is 16.6 Å². The number of ether oxygens (including phenoxy) is 1. The molecular weight excluding hydrogens is 329 g/mol. The second kappa shape index (κ2) is 5.81. The molecule has 17 heavy (non-hydrogen) atoms. The quantitative estimate of drug-likeness (QED) is 0.868. The fourth-order valence-corrected chi connectivity index (χ4v) is 1.82. The van der Waals surface area contributed by atoms with Crippen LogP contribution in [0.5, 0.6) is 5.75 Å². The Labute approximate surface area is 114 Å². The molecule has 4 nitrogen and oxygen atoms in total. The number of nitrogens with zero attached hydrogens (tertiary/aromatic N) is 2. The summed E-state index contributed by atoms with van der Waals surface area (Å²) in [5.41, 5.74) is 0.908. The van der Waals surface area contributed by atoms with Crippen molar-refractivity contribution in [1.82, 2.24) is 9.97 Å². The van der Waals surface area contributed by atoms with Gasteiger partial charge in [0.25, 0.3) is 0 Å². The van der Waals surface area contributed by atoms with Crippen LogP contribution in [0.2, 0.25) is 0 Å². The Bertz CT molecular complexity index is 505. The highest BCUT2D eigenvalue weighted by molar-refractivity contribution is 14.1. The maximum Gasteiger partial charge on any atom is 0.147 e. The molecule has 1 aromatic carbocycles. The lowest BCUT2D eigenvalue weighted by Crippen LogP contribution is -2.00. The monoisotopic (exact) mass is 341 g/mol. The molecule has 1 N–H and O–H groups in total. The van der Waals surface area contributed by atoms with Crippen LogP contribution in [0.3, 0.4) is 0 Å². The molecule has 0 saturated heterocycles. The van der Waals surface area contributed by atoms with Gasteiger partial charge in [-0.15, -0.1) is 0 Å². The van der Waals surface area contributed by atoms with Gasteiger partial charge in [0, 0.05) is 6.20 Å². The topological polar surface area (TPSA) is 47.0 Å². The molecule has 2 rings (SSSR count). The van der Waals surface area contributed by atoms with Crippen molar-refractivity contribution in [3.05, 3.63) is 40.4 Å². The Hall–Kier alpha value is -1.37. The normalized spacial score (nSPS) is 10.0. The average molecular weight is 341 g/mol. The van der Waals surface area contributed by atoms with Gasteiger partial charge in [0.2, 0.25) is 0 Å². The van der Waals surface area contributed by atoms with Crippen LogP contribution in [0.4, 0.5) is 11.5 Å². The van der Waals surface area contributed by atoms with E-state index in [1.807, 2.05) is 31.2 Å². The zero-order valence-electron chi connectivity index (χ0n) is 9.35. The summed E-state index contributed by atoms with van der Waals surface area (Å²) in [5.74, 6) is 1.61. The number of para-hydroxylation sites is 2. The second-order valence-electron chi connectivity index (χ2n) is 3.27. The predicted molar refractivity (Wildman–Crippen MR) is 75.6 cm³/mol. The molecule has 88 valence electrons. The van der Waals surface area contributed by atoms with Crippen LogP contribution in [0.1, 0.15) is 6.92 Å². The zero-order chi connectivity index (χ0) is 12.1. The van der Waals surface area contributed by atoms with E-state index in [9.17, 15) is 0 Å². The molecule has 2 aromatic rings. The lowest BCUT2D eigenvalue weighted by molar-refractivity contribution is 0.342. The van der Waals surface area contributed by atoms with Gasteiger partial charge in [-0.3, -0.25) is 0 Å². The highest BCUT2D eigenvalue weighted by Gasteiger charge is 2.05. The van der Waals surface area contributed by atoms with Gasteiger partial charge in [-0.05, 0) is 41.6 Å². The smallest absolute Gasteiger partial charge is 0.147 e. The minimum Gasteiger partial charge on any atom is -0.492 e. The first-order valence-corrected chi connectivity index (χ1v) is 6.33. The van der Waals surface area contributed by atoms with Crippen LogP contribution in [-0.2, 0) is 0 Å². The molecule has 0 unspecified atom stereocenters. The summed E-state index contributed by atoms with van der Waals surface area (Å²) in [6.07, 6.45) is 3.28. The van der Waals surface area contributed by atoms with Crippen LogP contribution in [0, 0.1) is 3.57 Å². The summed E-state index contributed by atoms with van der Waals surface area (Å²) in [6, 6.07) is 7.79. The molecule has 0 amide bonds. The first-order valence-electron chi connectivity index (χ1n) is 5.25. The molecule has 0 bridgehead atoms.